The van der Waals surface area contributed by atoms with Gasteiger partial charge >= 0.3 is 6.09 Å². The van der Waals surface area contributed by atoms with Crippen LogP contribution in [-0.2, 0) is 26.4 Å². The minimum atomic E-state index is -2.20. The summed E-state index contributed by atoms with van der Waals surface area (Å²) < 4.78 is 22.1. The number of ether oxygens (including phenoxy) is 1. The Morgan fingerprint density at radius 2 is 1.46 bits per heavy atom. The van der Waals surface area contributed by atoms with Crippen molar-refractivity contribution in [2.24, 2.45) is 0 Å². The Labute approximate surface area is 252 Å². The Bertz CT molecular complexity index is 1250. The van der Waals surface area contributed by atoms with E-state index >= 15 is 0 Å². The van der Waals surface area contributed by atoms with Gasteiger partial charge in [-0.25, -0.2) is 9.36 Å². The normalized spacial score (nSPS) is 15.6. The van der Waals surface area contributed by atoms with Gasteiger partial charge in [0, 0.05) is 23.9 Å². The molecular formula is C34H57NO4Si2. The maximum absolute atomic E-state index is 13.6. The van der Waals surface area contributed by atoms with E-state index in [1.807, 2.05) is 37.5 Å². The van der Waals surface area contributed by atoms with Crippen LogP contribution >= 0.6 is 0 Å². The molecule has 1 aliphatic rings. The fraction of sp³-hybridized carbons (Fsp3) is 0.676. The Kier molecular flexibility index (Phi) is 9.89. The fourth-order valence-corrected chi connectivity index (χ4v) is 12.7. The molecular weight excluding hydrogens is 543 g/mol. The van der Waals surface area contributed by atoms with Crippen LogP contribution in [0.15, 0.2) is 35.6 Å². The standard InChI is InChI=1S/C34H57NO4Si2/c1-23(2)41(24(3)4,25(5)6)39-31-20-19-30-28(21-26(31)22-37-40(13,14)34(10,11)12)27-17-15-16-18-29(27)35(30)32(36)38-33(7,8)9/h15-18,23-25H,19-22H2,1-14H3. The van der Waals surface area contributed by atoms with Crippen molar-refractivity contribution >= 4 is 33.6 Å². The van der Waals surface area contributed by atoms with Gasteiger partial charge in [0.05, 0.1) is 17.9 Å². The van der Waals surface area contributed by atoms with Crippen LogP contribution in [0.1, 0.15) is 101 Å². The van der Waals surface area contributed by atoms with E-state index in [0.717, 1.165) is 35.2 Å². The first kappa shape index (κ1) is 33.7. The lowest BCUT2D eigenvalue weighted by Crippen LogP contribution is -2.48. The van der Waals surface area contributed by atoms with E-state index in [1.165, 1.54) is 11.1 Å². The van der Waals surface area contributed by atoms with Crippen molar-refractivity contribution in [1.29, 1.82) is 0 Å². The summed E-state index contributed by atoms with van der Waals surface area (Å²) in [6, 6.07) is 8.24. The molecule has 0 aliphatic heterocycles. The average molecular weight is 600 g/mol. The van der Waals surface area contributed by atoms with Crippen LogP contribution in [-0.4, -0.2) is 39.5 Å². The van der Waals surface area contributed by atoms with Crippen LogP contribution in [0.4, 0.5) is 4.79 Å². The molecule has 7 heteroatoms. The first-order chi connectivity index (χ1) is 18.7. The number of fused-ring (bicyclic) bond motifs is 3. The molecule has 0 saturated heterocycles. The lowest BCUT2D eigenvalue weighted by molar-refractivity contribution is 0.0540. The zero-order valence-electron chi connectivity index (χ0n) is 28.5. The quantitative estimate of drug-likeness (QED) is 0.283. The van der Waals surface area contributed by atoms with Gasteiger partial charge < -0.3 is 13.6 Å². The van der Waals surface area contributed by atoms with E-state index in [1.54, 1.807) is 0 Å². The Morgan fingerprint density at radius 3 is 1.98 bits per heavy atom. The Hall–Kier alpha value is -1.84. The smallest absolute Gasteiger partial charge is 0.419 e. The van der Waals surface area contributed by atoms with Gasteiger partial charge in [-0.05, 0) is 79.2 Å². The molecule has 230 valence electrons. The van der Waals surface area contributed by atoms with Crippen LogP contribution in [0, 0.1) is 0 Å². The van der Waals surface area contributed by atoms with Crippen LogP contribution in [0.25, 0.3) is 10.9 Å². The van der Waals surface area contributed by atoms with Gasteiger partial charge in [-0.3, -0.25) is 0 Å². The Morgan fingerprint density at radius 1 is 0.902 bits per heavy atom. The lowest BCUT2D eigenvalue weighted by Gasteiger charge is -2.43. The highest BCUT2D eigenvalue weighted by molar-refractivity contribution is 6.78. The monoisotopic (exact) mass is 599 g/mol. The summed E-state index contributed by atoms with van der Waals surface area (Å²) in [5, 5.41) is 1.23. The molecule has 0 amide bonds. The lowest BCUT2D eigenvalue weighted by atomic mass is 10.0. The highest BCUT2D eigenvalue weighted by atomic mass is 28.4. The van der Waals surface area contributed by atoms with Gasteiger partial charge in [0.1, 0.15) is 5.60 Å². The minimum absolute atomic E-state index is 0.115. The summed E-state index contributed by atoms with van der Waals surface area (Å²) in [5.41, 5.74) is 5.22. The maximum atomic E-state index is 13.6. The molecule has 0 bridgehead atoms. The number of hydrogen-bond donors (Lipinski definition) is 0. The summed E-state index contributed by atoms with van der Waals surface area (Å²) in [5.74, 6) is 1.10. The predicted octanol–water partition coefficient (Wildman–Crippen LogP) is 10.4. The van der Waals surface area contributed by atoms with Crippen molar-refractivity contribution in [2.45, 2.75) is 143 Å². The molecule has 0 fully saturated rings. The molecule has 0 atom stereocenters. The molecule has 41 heavy (non-hydrogen) atoms. The molecule has 1 aromatic carbocycles. The SMILES string of the molecule is CC(C)[Si](OC1=C(CO[Si](C)(C)C(C)(C)C)Cc2c(n(C(=O)OC(C)(C)C)c3ccccc23)CC1)(C(C)C)C(C)C. The fourth-order valence-electron chi connectivity index (χ4n) is 6.36. The van der Waals surface area contributed by atoms with Crippen LogP contribution in [0.5, 0.6) is 0 Å². The van der Waals surface area contributed by atoms with Gasteiger partial charge in [-0.2, -0.15) is 0 Å². The van der Waals surface area contributed by atoms with Crippen molar-refractivity contribution in [2.75, 3.05) is 6.61 Å². The number of hydrogen-bond acceptors (Lipinski definition) is 4. The molecule has 2 aromatic rings. The number of rotatable bonds is 8. The molecule has 0 radical (unpaired) electrons. The highest BCUT2D eigenvalue weighted by Crippen LogP contribution is 2.46. The first-order valence-electron chi connectivity index (χ1n) is 15.6. The average Bonchev–Trinajstić information content (AvgIpc) is 3.01. The van der Waals surface area contributed by atoms with Gasteiger partial charge in [0.15, 0.2) is 8.32 Å². The van der Waals surface area contributed by atoms with E-state index < -0.39 is 22.2 Å². The van der Waals surface area contributed by atoms with E-state index in [2.05, 4.69) is 87.5 Å². The number of carbonyl (C=O) groups is 1. The number of carbonyl (C=O) groups excluding carboxylic acids is 1. The summed E-state index contributed by atoms with van der Waals surface area (Å²) in [6.07, 6.45) is 1.88. The molecule has 5 nitrogen and oxygen atoms in total. The molecule has 0 saturated carbocycles. The molecule has 1 aliphatic carbocycles. The highest BCUT2D eigenvalue weighted by Gasteiger charge is 2.48. The topological polar surface area (TPSA) is 49.7 Å². The predicted molar refractivity (Wildman–Crippen MR) is 178 cm³/mol. The largest absolute Gasteiger partial charge is 0.546 e. The third kappa shape index (κ3) is 6.88. The summed E-state index contributed by atoms with van der Waals surface area (Å²) in [6.45, 7) is 31.9. The number of nitrogens with zero attached hydrogens (tertiary/aromatic N) is 1. The second-order valence-electron chi connectivity index (χ2n) is 15.4. The van der Waals surface area contributed by atoms with Crippen molar-refractivity contribution in [3.63, 3.8) is 0 Å². The van der Waals surface area contributed by atoms with Crippen LogP contribution in [0.3, 0.4) is 0 Å². The van der Waals surface area contributed by atoms with Crippen molar-refractivity contribution in [1.82, 2.24) is 4.57 Å². The van der Waals surface area contributed by atoms with Gasteiger partial charge in [0.2, 0.25) is 0 Å². The van der Waals surface area contributed by atoms with Crippen LogP contribution < -0.4 is 0 Å². The maximum Gasteiger partial charge on any atom is 0.419 e. The first-order valence-corrected chi connectivity index (χ1v) is 20.7. The van der Waals surface area contributed by atoms with E-state index in [4.69, 9.17) is 13.6 Å². The zero-order valence-corrected chi connectivity index (χ0v) is 30.5. The molecule has 1 aromatic heterocycles. The molecule has 0 unspecified atom stereocenters. The van der Waals surface area contributed by atoms with Crippen molar-refractivity contribution in [3.8, 4) is 0 Å². The number of allylic oxidation sites excluding steroid dienone is 1. The summed E-state index contributed by atoms with van der Waals surface area (Å²) in [7, 11) is -4.20. The van der Waals surface area contributed by atoms with Crippen molar-refractivity contribution < 1.29 is 18.4 Å². The molecule has 0 N–H and O–H groups in total. The second kappa shape index (κ2) is 12.0. The minimum Gasteiger partial charge on any atom is -0.546 e. The van der Waals surface area contributed by atoms with Crippen LogP contribution in [0.2, 0.25) is 34.8 Å². The number of aromatic nitrogens is 1. The second-order valence-corrected chi connectivity index (χ2v) is 25.6. The van der Waals surface area contributed by atoms with E-state index in [9.17, 15) is 4.79 Å². The third-order valence-corrected chi connectivity index (χ3v) is 20.0. The molecule has 0 spiro atoms. The molecule has 1 heterocycles. The number of benzene rings is 1. The van der Waals surface area contributed by atoms with Gasteiger partial charge in [0.25, 0.3) is 8.32 Å². The summed E-state index contributed by atoms with van der Waals surface area (Å²) in [4.78, 5) is 13.6. The zero-order chi connectivity index (χ0) is 31.1. The summed E-state index contributed by atoms with van der Waals surface area (Å²) >= 11 is 0. The Balaban J connectivity index is 2.20. The van der Waals surface area contributed by atoms with E-state index in [-0.39, 0.29) is 11.1 Å². The van der Waals surface area contributed by atoms with Gasteiger partial charge in [-0.15, -0.1) is 0 Å². The van der Waals surface area contributed by atoms with Crippen molar-refractivity contribution in [3.05, 3.63) is 46.9 Å². The number of para-hydroxylation sites is 1. The van der Waals surface area contributed by atoms with Gasteiger partial charge in [-0.1, -0.05) is 80.5 Å². The molecule has 3 rings (SSSR count). The van der Waals surface area contributed by atoms with E-state index in [0.29, 0.717) is 29.7 Å². The third-order valence-electron chi connectivity index (χ3n) is 9.46.